The summed E-state index contributed by atoms with van der Waals surface area (Å²) in [4.78, 5) is 12.2. The second-order valence-electron chi connectivity index (χ2n) is 5.04. The van der Waals surface area contributed by atoms with Gasteiger partial charge >= 0.3 is 6.18 Å². The molecule has 4 nitrogen and oxygen atoms in total. The Morgan fingerprint density at radius 3 is 2.43 bits per heavy atom. The highest BCUT2D eigenvalue weighted by Gasteiger charge is 2.31. The van der Waals surface area contributed by atoms with Crippen LogP contribution in [0.2, 0.25) is 0 Å². The lowest BCUT2D eigenvalue weighted by Gasteiger charge is -2.15. The van der Waals surface area contributed by atoms with Crippen LogP contribution in [0.25, 0.3) is 0 Å². The molecule has 21 heavy (non-hydrogen) atoms. The number of alkyl halides is 3. The average molecular weight is 319 g/mol. The highest BCUT2D eigenvalue weighted by Crippen LogP contribution is 2.37. The third-order valence-corrected chi connectivity index (χ3v) is 3.87. The molecule has 1 rings (SSSR count). The van der Waals surface area contributed by atoms with E-state index in [1.54, 1.807) is 13.8 Å². The number of halogens is 3. The fourth-order valence-corrected chi connectivity index (χ4v) is 2.99. The predicted octanol–water partition coefficient (Wildman–Crippen LogP) is 3.79. The van der Waals surface area contributed by atoms with E-state index in [2.05, 4.69) is 5.32 Å². The van der Waals surface area contributed by atoms with Gasteiger partial charge in [0.1, 0.15) is 16.6 Å². The fraction of sp³-hybridized carbons (Fsp3) is 0.538. The van der Waals surface area contributed by atoms with Crippen molar-refractivity contribution in [1.82, 2.24) is 0 Å². The van der Waals surface area contributed by atoms with E-state index in [1.807, 2.05) is 6.07 Å². The van der Waals surface area contributed by atoms with Gasteiger partial charge in [-0.2, -0.15) is 18.4 Å². The molecule has 116 valence electrons. The van der Waals surface area contributed by atoms with Crippen molar-refractivity contribution in [2.75, 3.05) is 11.1 Å². The first-order valence-corrected chi connectivity index (χ1v) is 7.08. The van der Waals surface area contributed by atoms with E-state index in [1.165, 1.54) is 6.92 Å². The summed E-state index contributed by atoms with van der Waals surface area (Å²) in [5.74, 6) is -0.538. The summed E-state index contributed by atoms with van der Waals surface area (Å²) in [6.07, 6.45) is -5.35. The monoisotopic (exact) mass is 319 g/mol. The number of hydrogen-bond donors (Lipinski definition) is 2. The molecule has 0 aromatic carbocycles. The Morgan fingerprint density at radius 1 is 1.43 bits per heavy atom. The summed E-state index contributed by atoms with van der Waals surface area (Å²) in [7, 11) is 0. The van der Waals surface area contributed by atoms with E-state index in [4.69, 9.17) is 11.0 Å². The Balaban J connectivity index is 3.06. The number of nitrogens with zero attached hydrogens (tertiary/aromatic N) is 1. The molecule has 1 aromatic heterocycles. The number of nitrogens with two attached hydrogens (primary N) is 1. The maximum atomic E-state index is 12.3. The number of hydrogen-bond acceptors (Lipinski definition) is 5. The molecule has 0 bridgehead atoms. The number of rotatable bonds is 5. The molecule has 0 aliphatic heterocycles. The number of carbonyl (C=O) groups is 1. The molecule has 1 heterocycles. The fourth-order valence-electron chi connectivity index (χ4n) is 1.72. The summed E-state index contributed by atoms with van der Waals surface area (Å²) in [5, 5.41) is 11.9. The predicted molar refractivity (Wildman–Crippen MR) is 76.4 cm³/mol. The first-order chi connectivity index (χ1) is 9.56. The van der Waals surface area contributed by atoms with Crippen molar-refractivity contribution in [1.29, 1.82) is 5.26 Å². The van der Waals surface area contributed by atoms with Crippen LogP contribution in [0.3, 0.4) is 0 Å². The zero-order valence-electron chi connectivity index (χ0n) is 11.8. The number of Topliss-reactive ketones (excluding diaryl/α,β-unsaturated/α-hetero) is 1. The second kappa shape index (κ2) is 6.35. The number of nitriles is 1. The van der Waals surface area contributed by atoms with E-state index in [9.17, 15) is 18.0 Å². The maximum Gasteiger partial charge on any atom is 0.391 e. The third-order valence-electron chi connectivity index (χ3n) is 2.72. The van der Waals surface area contributed by atoms with Gasteiger partial charge in [0.15, 0.2) is 5.78 Å². The molecule has 0 spiro atoms. The van der Waals surface area contributed by atoms with Crippen LogP contribution in [-0.4, -0.2) is 18.0 Å². The smallest absolute Gasteiger partial charge is 0.391 e. The Kier molecular flexibility index (Phi) is 5.23. The molecular weight excluding hydrogens is 303 g/mol. The Bertz CT molecular complexity index is 572. The highest BCUT2D eigenvalue weighted by atomic mass is 32.1. The molecule has 1 aromatic rings. The van der Waals surface area contributed by atoms with Crippen LogP contribution in [0.5, 0.6) is 0 Å². The average Bonchev–Trinajstić information content (AvgIpc) is 2.61. The van der Waals surface area contributed by atoms with Crippen molar-refractivity contribution >= 4 is 27.8 Å². The van der Waals surface area contributed by atoms with E-state index >= 15 is 0 Å². The number of ketones is 1. The minimum absolute atomic E-state index is 0.0259. The lowest BCUT2D eigenvalue weighted by Crippen LogP contribution is -2.23. The third kappa shape index (κ3) is 4.36. The van der Waals surface area contributed by atoms with Crippen LogP contribution in [0.15, 0.2) is 0 Å². The van der Waals surface area contributed by atoms with Gasteiger partial charge in [0.2, 0.25) is 0 Å². The van der Waals surface area contributed by atoms with Gasteiger partial charge in [-0.05, 0) is 6.92 Å². The van der Waals surface area contributed by atoms with Gasteiger partial charge in [0, 0.05) is 12.0 Å². The summed E-state index contributed by atoms with van der Waals surface area (Å²) < 4.78 is 37.0. The van der Waals surface area contributed by atoms with E-state index in [0.717, 1.165) is 11.3 Å². The Labute approximate surface area is 124 Å². The molecule has 1 atom stereocenters. The quantitative estimate of drug-likeness (QED) is 0.809. The van der Waals surface area contributed by atoms with Gasteiger partial charge in [-0.15, -0.1) is 11.3 Å². The maximum absolute atomic E-state index is 12.3. The molecule has 8 heteroatoms. The second-order valence-corrected chi connectivity index (χ2v) is 6.07. The number of nitrogens with one attached hydrogen (secondary N) is 1. The lowest BCUT2D eigenvalue weighted by atomic mass is 10.1. The van der Waals surface area contributed by atoms with Crippen molar-refractivity contribution in [2.24, 2.45) is 5.92 Å². The molecule has 0 fully saturated rings. The van der Waals surface area contributed by atoms with Crippen LogP contribution in [0.4, 0.5) is 23.9 Å². The van der Waals surface area contributed by atoms with Crippen LogP contribution in [0.1, 0.15) is 42.4 Å². The van der Waals surface area contributed by atoms with Gasteiger partial charge in [-0.3, -0.25) is 4.79 Å². The first kappa shape index (κ1) is 17.3. The van der Waals surface area contributed by atoms with Gasteiger partial charge in [0.05, 0.1) is 17.0 Å². The van der Waals surface area contributed by atoms with E-state index < -0.39 is 18.6 Å². The number of thiophene rings is 1. The summed E-state index contributed by atoms with van der Waals surface area (Å²) in [6.45, 7) is 4.73. The zero-order chi connectivity index (χ0) is 16.4. The van der Waals surface area contributed by atoms with Crippen molar-refractivity contribution in [2.45, 2.75) is 39.4 Å². The summed E-state index contributed by atoms with van der Waals surface area (Å²) in [6, 6.07) is 0.916. The zero-order valence-corrected chi connectivity index (χ0v) is 12.7. The van der Waals surface area contributed by atoms with Gasteiger partial charge in [-0.1, -0.05) is 13.8 Å². The Hall–Kier alpha value is -1.75. The SMILES string of the molecule is CC(CC(F)(F)F)Nc1sc(C(=O)C(C)C)c(N)c1C#N. The van der Waals surface area contributed by atoms with Crippen LogP contribution < -0.4 is 11.1 Å². The van der Waals surface area contributed by atoms with Crippen LogP contribution in [0, 0.1) is 17.2 Å². The molecule has 0 aliphatic carbocycles. The van der Waals surface area contributed by atoms with Crippen LogP contribution >= 0.6 is 11.3 Å². The number of nitrogen functional groups attached to an aromatic ring is 1. The van der Waals surface area contributed by atoms with Crippen molar-refractivity contribution in [3.63, 3.8) is 0 Å². The minimum atomic E-state index is -4.31. The molecule has 0 amide bonds. The lowest BCUT2D eigenvalue weighted by molar-refractivity contribution is -0.136. The van der Waals surface area contributed by atoms with E-state index in [-0.39, 0.29) is 32.8 Å². The van der Waals surface area contributed by atoms with Gasteiger partial charge in [0.25, 0.3) is 0 Å². The standard InChI is InChI=1S/C13H16F3N3OS/c1-6(2)10(20)11-9(18)8(5-17)12(21-11)19-7(3)4-13(14,15)16/h6-7,19H,4,18H2,1-3H3. The first-order valence-electron chi connectivity index (χ1n) is 6.26. The summed E-state index contributed by atoms with van der Waals surface area (Å²) in [5.41, 5.74) is 5.82. The molecular formula is C13H16F3N3OS. The van der Waals surface area contributed by atoms with Crippen molar-refractivity contribution in [3.05, 3.63) is 10.4 Å². The number of anilines is 2. The highest BCUT2D eigenvalue weighted by molar-refractivity contribution is 7.19. The number of carbonyl (C=O) groups excluding carboxylic acids is 1. The molecule has 3 N–H and O–H groups in total. The molecule has 0 saturated carbocycles. The van der Waals surface area contributed by atoms with Gasteiger partial charge in [-0.25, -0.2) is 0 Å². The normalized spacial score (nSPS) is 13.0. The van der Waals surface area contributed by atoms with E-state index in [0.29, 0.717) is 0 Å². The Morgan fingerprint density at radius 2 is 2.00 bits per heavy atom. The topological polar surface area (TPSA) is 78.9 Å². The summed E-state index contributed by atoms with van der Waals surface area (Å²) >= 11 is 0.926. The largest absolute Gasteiger partial charge is 0.396 e. The molecule has 0 saturated heterocycles. The van der Waals surface area contributed by atoms with Gasteiger partial charge < -0.3 is 11.1 Å². The minimum Gasteiger partial charge on any atom is -0.396 e. The molecule has 0 radical (unpaired) electrons. The molecule has 0 aliphatic rings. The molecule has 1 unspecified atom stereocenters. The van der Waals surface area contributed by atoms with Crippen molar-refractivity contribution in [3.8, 4) is 6.07 Å². The van der Waals surface area contributed by atoms with Crippen LogP contribution in [-0.2, 0) is 0 Å². The van der Waals surface area contributed by atoms with Crippen molar-refractivity contribution < 1.29 is 18.0 Å².